The summed E-state index contributed by atoms with van der Waals surface area (Å²) in [6, 6.07) is 15.3. The lowest BCUT2D eigenvalue weighted by molar-refractivity contribution is -0.136. The van der Waals surface area contributed by atoms with Crippen molar-refractivity contribution in [2.24, 2.45) is 11.1 Å². The molecular formula is C22H25ClN2O3. The maximum Gasteiger partial charge on any atom is 0.225 e. The number of rotatable bonds is 7. The molecule has 28 heavy (non-hydrogen) atoms. The molecule has 1 aliphatic heterocycles. The van der Waals surface area contributed by atoms with Gasteiger partial charge in [-0.15, -0.1) is 0 Å². The smallest absolute Gasteiger partial charge is 0.225 e. The molecule has 1 atom stereocenters. The van der Waals surface area contributed by atoms with Gasteiger partial charge in [0.1, 0.15) is 5.75 Å². The zero-order valence-electron chi connectivity index (χ0n) is 16.4. The Morgan fingerprint density at radius 2 is 2.04 bits per heavy atom. The third-order valence-corrected chi connectivity index (χ3v) is 4.90. The van der Waals surface area contributed by atoms with Crippen LogP contribution >= 0.6 is 11.6 Å². The molecule has 1 heterocycles. The third-order valence-electron chi connectivity index (χ3n) is 4.65. The first-order valence-corrected chi connectivity index (χ1v) is 9.74. The van der Waals surface area contributed by atoms with Crippen molar-refractivity contribution >= 4 is 23.2 Å². The van der Waals surface area contributed by atoms with Gasteiger partial charge in [-0.3, -0.25) is 4.79 Å². The molecule has 1 aliphatic rings. The van der Waals surface area contributed by atoms with Gasteiger partial charge >= 0.3 is 0 Å². The van der Waals surface area contributed by atoms with E-state index in [0.29, 0.717) is 24.5 Å². The molecule has 0 aromatic heterocycles. The van der Waals surface area contributed by atoms with E-state index in [1.54, 1.807) is 7.11 Å². The van der Waals surface area contributed by atoms with Crippen molar-refractivity contribution < 1.29 is 14.4 Å². The molecule has 2 aromatic carbocycles. The van der Waals surface area contributed by atoms with Gasteiger partial charge in [0.2, 0.25) is 5.91 Å². The number of oxime groups is 1. The highest BCUT2D eigenvalue weighted by Crippen LogP contribution is 2.21. The molecule has 6 heteroatoms. The molecule has 0 saturated heterocycles. The van der Waals surface area contributed by atoms with E-state index in [4.69, 9.17) is 21.2 Å². The van der Waals surface area contributed by atoms with Gasteiger partial charge in [-0.05, 0) is 35.4 Å². The van der Waals surface area contributed by atoms with E-state index in [9.17, 15) is 4.79 Å². The molecule has 0 radical (unpaired) electrons. The van der Waals surface area contributed by atoms with Crippen LogP contribution in [0.3, 0.4) is 0 Å². The number of hydrogen-bond acceptors (Lipinski definition) is 4. The van der Waals surface area contributed by atoms with Crippen molar-refractivity contribution in [1.82, 2.24) is 4.90 Å². The summed E-state index contributed by atoms with van der Waals surface area (Å²) < 4.78 is 5.29. The summed E-state index contributed by atoms with van der Waals surface area (Å²) in [6.07, 6.45) is 0.487. The summed E-state index contributed by atoms with van der Waals surface area (Å²) in [5, 5.41) is 4.91. The molecule has 2 aromatic rings. The van der Waals surface area contributed by atoms with Crippen LogP contribution in [-0.4, -0.2) is 36.3 Å². The summed E-state index contributed by atoms with van der Waals surface area (Å²) in [5.41, 5.74) is 2.88. The van der Waals surface area contributed by atoms with E-state index in [0.717, 1.165) is 22.6 Å². The fourth-order valence-corrected chi connectivity index (χ4v) is 3.30. The van der Waals surface area contributed by atoms with E-state index in [-0.39, 0.29) is 17.9 Å². The normalized spacial score (nSPS) is 15.9. The van der Waals surface area contributed by atoms with Gasteiger partial charge in [0.05, 0.1) is 19.4 Å². The standard InChI is InChI=1S/C22H25ClN2O3/c1-15(2)22(26)25(13-16-5-4-6-19(11-16)27-3)14-20-12-21(24-28-20)17-7-9-18(23)10-8-17/h4-11,15,20H,12-14H2,1-3H3. The Labute approximate surface area is 170 Å². The molecule has 0 N–H and O–H groups in total. The zero-order chi connectivity index (χ0) is 20.1. The summed E-state index contributed by atoms with van der Waals surface area (Å²) in [6.45, 7) is 4.80. The molecule has 5 nitrogen and oxygen atoms in total. The van der Waals surface area contributed by atoms with Crippen LogP contribution in [0.2, 0.25) is 5.02 Å². The van der Waals surface area contributed by atoms with Gasteiger partial charge in [0.25, 0.3) is 0 Å². The molecule has 0 bridgehead atoms. The van der Waals surface area contributed by atoms with Crippen LogP contribution < -0.4 is 4.74 Å². The average Bonchev–Trinajstić information content (AvgIpc) is 3.16. The Balaban J connectivity index is 1.68. The molecule has 3 rings (SSSR count). The molecule has 148 valence electrons. The van der Waals surface area contributed by atoms with Crippen molar-refractivity contribution in [2.75, 3.05) is 13.7 Å². The number of ether oxygens (including phenoxy) is 1. The zero-order valence-corrected chi connectivity index (χ0v) is 17.1. The highest BCUT2D eigenvalue weighted by atomic mass is 35.5. The minimum Gasteiger partial charge on any atom is -0.497 e. The van der Waals surface area contributed by atoms with Crippen molar-refractivity contribution in [1.29, 1.82) is 0 Å². The third kappa shape index (κ3) is 5.04. The van der Waals surface area contributed by atoms with E-state index < -0.39 is 0 Å². The van der Waals surface area contributed by atoms with Gasteiger partial charge in [-0.2, -0.15) is 0 Å². The summed E-state index contributed by atoms with van der Waals surface area (Å²) >= 11 is 5.95. The Kier molecular flexibility index (Phi) is 6.57. The molecule has 0 spiro atoms. The van der Waals surface area contributed by atoms with Crippen LogP contribution in [0.4, 0.5) is 0 Å². The minimum absolute atomic E-state index is 0.0892. The number of carbonyl (C=O) groups is 1. The number of nitrogens with zero attached hydrogens (tertiary/aromatic N) is 2. The Bertz CT molecular complexity index is 849. The maximum absolute atomic E-state index is 12.8. The Morgan fingerprint density at radius 3 is 2.71 bits per heavy atom. The average molecular weight is 401 g/mol. The fraction of sp³-hybridized carbons (Fsp3) is 0.364. The second-order valence-electron chi connectivity index (χ2n) is 7.20. The highest BCUT2D eigenvalue weighted by molar-refractivity contribution is 6.30. The van der Waals surface area contributed by atoms with Crippen LogP contribution in [-0.2, 0) is 16.2 Å². The van der Waals surface area contributed by atoms with Crippen LogP contribution in [0.5, 0.6) is 5.75 Å². The lowest BCUT2D eigenvalue weighted by Gasteiger charge is -2.26. The maximum atomic E-state index is 12.8. The Hall–Kier alpha value is -2.53. The van der Waals surface area contributed by atoms with E-state index in [2.05, 4.69) is 5.16 Å². The van der Waals surface area contributed by atoms with Crippen molar-refractivity contribution in [3.05, 3.63) is 64.7 Å². The quantitative estimate of drug-likeness (QED) is 0.686. The number of methoxy groups -OCH3 is 1. The molecule has 1 unspecified atom stereocenters. The van der Waals surface area contributed by atoms with Gasteiger partial charge in [-0.25, -0.2) is 0 Å². The predicted molar refractivity (Wildman–Crippen MR) is 111 cm³/mol. The SMILES string of the molecule is COc1cccc(CN(CC2CC(c3ccc(Cl)cc3)=NO2)C(=O)C(C)C)c1. The lowest BCUT2D eigenvalue weighted by atomic mass is 10.0. The largest absolute Gasteiger partial charge is 0.497 e. The van der Waals surface area contributed by atoms with Crippen LogP contribution in [0, 0.1) is 5.92 Å². The number of hydrogen-bond donors (Lipinski definition) is 0. The number of halogens is 1. The van der Waals surface area contributed by atoms with Crippen molar-refractivity contribution in [3.8, 4) is 5.75 Å². The van der Waals surface area contributed by atoms with Crippen LogP contribution in [0.25, 0.3) is 0 Å². The van der Waals surface area contributed by atoms with Crippen LogP contribution in [0.15, 0.2) is 53.7 Å². The summed E-state index contributed by atoms with van der Waals surface area (Å²) in [4.78, 5) is 20.2. The number of amides is 1. The Morgan fingerprint density at radius 1 is 1.29 bits per heavy atom. The topological polar surface area (TPSA) is 51.1 Å². The predicted octanol–water partition coefficient (Wildman–Crippen LogP) is 4.53. The number of benzene rings is 2. The van der Waals surface area contributed by atoms with Gasteiger partial charge in [-0.1, -0.05) is 54.9 Å². The van der Waals surface area contributed by atoms with Gasteiger partial charge < -0.3 is 14.5 Å². The molecule has 0 saturated carbocycles. The summed E-state index contributed by atoms with van der Waals surface area (Å²) in [5.74, 6) is 0.773. The van der Waals surface area contributed by atoms with Crippen molar-refractivity contribution in [3.63, 3.8) is 0 Å². The summed E-state index contributed by atoms with van der Waals surface area (Å²) in [7, 11) is 1.64. The highest BCUT2D eigenvalue weighted by Gasteiger charge is 2.27. The second kappa shape index (κ2) is 9.11. The molecule has 0 fully saturated rings. The van der Waals surface area contributed by atoms with E-state index in [1.165, 1.54) is 0 Å². The second-order valence-corrected chi connectivity index (χ2v) is 7.64. The molecule has 1 amide bonds. The van der Waals surface area contributed by atoms with Crippen molar-refractivity contribution in [2.45, 2.75) is 32.9 Å². The lowest BCUT2D eigenvalue weighted by Crippen LogP contribution is -2.39. The fourth-order valence-electron chi connectivity index (χ4n) is 3.17. The minimum atomic E-state index is -0.168. The van der Waals surface area contributed by atoms with Gasteiger partial charge in [0.15, 0.2) is 6.10 Å². The van der Waals surface area contributed by atoms with E-state index >= 15 is 0 Å². The van der Waals surface area contributed by atoms with Gasteiger partial charge in [0, 0.05) is 23.9 Å². The number of carbonyl (C=O) groups excluding carboxylic acids is 1. The first-order valence-electron chi connectivity index (χ1n) is 9.36. The molecule has 0 aliphatic carbocycles. The van der Waals surface area contributed by atoms with E-state index in [1.807, 2.05) is 67.3 Å². The molecular weight excluding hydrogens is 376 g/mol. The monoisotopic (exact) mass is 400 g/mol. The first-order chi connectivity index (χ1) is 13.5. The van der Waals surface area contributed by atoms with Crippen LogP contribution in [0.1, 0.15) is 31.4 Å². The first kappa shape index (κ1) is 20.2.